The average Bonchev–Trinajstić information content (AvgIpc) is 2.42. The van der Waals surface area contributed by atoms with Crippen molar-refractivity contribution in [3.8, 4) is 0 Å². The number of rotatable bonds is 5. The number of esters is 1. The minimum Gasteiger partial charge on any atom is -0.468 e. The zero-order valence-corrected chi connectivity index (χ0v) is 16.2. The fourth-order valence-electron chi connectivity index (χ4n) is 2.18. The Kier molecular flexibility index (Phi) is 6.27. The molecule has 0 bridgehead atoms. The van der Waals surface area contributed by atoms with E-state index in [0.717, 1.165) is 7.11 Å². The second-order valence-electron chi connectivity index (χ2n) is 7.37. The van der Waals surface area contributed by atoms with Gasteiger partial charge in [0.05, 0.1) is 13.2 Å². The molecule has 0 N–H and O–H groups in total. The van der Waals surface area contributed by atoms with Gasteiger partial charge >= 0.3 is 5.97 Å². The van der Waals surface area contributed by atoms with E-state index in [2.05, 4.69) is 0 Å². The Hall–Kier alpha value is -1.34. The lowest BCUT2D eigenvalue weighted by Crippen LogP contribution is -2.45. The zero-order valence-electron chi connectivity index (χ0n) is 15.2. The summed E-state index contributed by atoms with van der Waals surface area (Å²) < 4.78 is 51.7. The van der Waals surface area contributed by atoms with Gasteiger partial charge in [0.25, 0.3) is 0 Å². The van der Waals surface area contributed by atoms with Crippen molar-refractivity contribution in [3.63, 3.8) is 0 Å². The van der Waals surface area contributed by atoms with E-state index in [1.165, 1.54) is 0 Å². The Morgan fingerprint density at radius 3 is 2.04 bits per heavy atom. The van der Waals surface area contributed by atoms with Crippen LogP contribution >= 0.6 is 0 Å². The van der Waals surface area contributed by atoms with Crippen molar-refractivity contribution in [1.82, 2.24) is 0 Å². The van der Waals surface area contributed by atoms with E-state index in [1.807, 2.05) is 33.9 Å². The summed E-state index contributed by atoms with van der Waals surface area (Å²) in [6.45, 7) is 11.7. The number of hydrogen-bond acceptors (Lipinski definition) is 3. The molecule has 7 heteroatoms. The highest BCUT2D eigenvalue weighted by molar-refractivity contribution is 6.74. The van der Waals surface area contributed by atoms with Gasteiger partial charge in [-0.15, -0.1) is 0 Å². The first-order valence-corrected chi connectivity index (χ1v) is 10.6. The quantitative estimate of drug-likeness (QED) is 0.430. The molecule has 1 aromatic carbocycles. The number of carbonyl (C=O) groups excluding carboxylic acids is 1. The summed E-state index contributed by atoms with van der Waals surface area (Å²) in [6.07, 6.45) is -0.752. The van der Waals surface area contributed by atoms with E-state index in [1.54, 1.807) is 6.92 Å². The monoisotopic (exact) mass is 362 g/mol. The molecular weight excluding hydrogens is 337 g/mol. The highest BCUT2D eigenvalue weighted by Crippen LogP contribution is 2.39. The molecule has 0 saturated carbocycles. The molecule has 2 atom stereocenters. The standard InChI is InChI=1S/C17H25F3O3Si/c1-10(23-24(6,7)17(2,3)4)15(16(21)22-5)11-8-13(19)14(20)9-12(11)18/h8-10,15H,1-7H3. The van der Waals surface area contributed by atoms with Crippen molar-refractivity contribution in [3.05, 3.63) is 35.1 Å². The van der Waals surface area contributed by atoms with Gasteiger partial charge in [0.1, 0.15) is 11.7 Å². The highest BCUT2D eigenvalue weighted by atomic mass is 28.4. The summed E-state index contributed by atoms with van der Waals surface area (Å²) in [5.74, 6) is -5.47. The molecule has 3 nitrogen and oxygen atoms in total. The maximum Gasteiger partial charge on any atom is 0.315 e. The van der Waals surface area contributed by atoms with Crippen LogP contribution in [0.5, 0.6) is 0 Å². The Morgan fingerprint density at radius 1 is 1.08 bits per heavy atom. The summed E-state index contributed by atoms with van der Waals surface area (Å²) >= 11 is 0. The first-order valence-electron chi connectivity index (χ1n) is 7.72. The van der Waals surface area contributed by atoms with Crippen LogP contribution in [0.4, 0.5) is 13.2 Å². The first kappa shape index (κ1) is 20.7. The smallest absolute Gasteiger partial charge is 0.315 e. The van der Waals surface area contributed by atoms with Gasteiger partial charge in [0.2, 0.25) is 0 Å². The lowest BCUT2D eigenvalue weighted by Gasteiger charge is -2.40. The molecule has 0 heterocycles. The van der Waals surface area contributed by atoms with E-state index < -0.39 is 43.8 Å². The summed E-state index contributed by atoms with van der Waals surface area (Å²) in [5.41, 5.74) is -0.271. The van der Waals surface area contributed by atoms with E-state index >= 15 is 0 Å². The molecule has 1 rings (SSSR count). The van der Waals surface area contributed by atoms with Gasteiger partial charge in [0.15, 0.2) is 20.0 Å². The van der Waals surface area contributed by atoms with Crippen LogP contribution in [0.1, 0.15) is 39.2 Å². The van der Waals surface area contributed by atoms with Crippen molar-refractivity contribution < 1.29 is 27.1 Å². The Bertz CT molecular complexity index is 612. The topological polar surface area (TPSA) is 35.5 Å². The van der Waals surface area contributed by atoms with Gasteiger partial charge in [-0.3, -0.25) is 4.79 Å². The molecule has 1 aromatic rings. The SMILES string of the molecule is COC(=O)C(c1cc(F)c(F)cc1F)C(C)O[Si](C)(C)C(C)(C)C. The Morgan fingerprint density at radius 2 is 1.58 bits per heavy atom. The van der Waals surface area contributed by atoms with Crippen LogP contribution < -0.4 is 0 Å². The Balaban J connectivity index is 3.29. The average molecular weight is 362 g/mol. The highest BCUT2D eigenvalue weighted by Gasteiger charge is 2.42. The number of ether oxygens (including phenoxy) is 1. The Labute approximate surface area is 142 Å². The zero-order chi connectivity index (χ0) is 18.9. The number of hydrogen-bond donors (Lipinski definition) is 0. The van der Waals surface area contributed by atoms with Crippen LogP contribution in [-0.4, -0.2) is 27.5 Å². The van der Waals surface area contributed by atoms with E-state index in [-0.39, 0.29) is 10.6 Å². The van der Waals surface area contributed by atoms with Gasteiger partial charge in [-0.2, -0.15) is 0 Å². The van der Waals surface area contributed by atoms with Crippen molar-refractivity contribution in [2.24, 2.45) is 0 Å². The third kappa shape index (κ3) is 4.39. The lowest BCUT2D eigenvalue weighted by molar-refractivity contribution is -0.144. The lowest BCUT2D eigenvalue weighted by atomic mass is 9.93. The third-order valence-electron chi connectivity index (χ3n) is 4.59. The molecule has 0 aliphatic heterocycles. The van der Waals surface area contributed by atoms with Gasteiger partial charge in [-0.05, 0) is 31.1 Å². The van der Waals surface area contributed by atoms with Crippen molar-refractivity contribution in [2.75, 3.05) is 7.11 Å². The summed E-state index contributed by atoms with van der Waals surface area (Å²) in [6, 6.07) is 1.12. The molecular formula is C17H25F3O3Si. The molecule has 0 aliphatic carbocycles. The predicted octanol–water partition coefficient (Wildman–Crippen LogP) is 4.77. The fourth-order valence-corrected chi connectivity index (χ4v) is 3.60. The van der Waals surface area contributed by atoms with E-state index in [4.69, 9.17) is 9.16 Å². The van der Waals surface area contributed by atoms with Gasteiger partial charge in [0, 0.05) is 11.6 Å². The summed E-state index contributed by atoms with van der Waals surface area (Å²) in [7, 11) is -1.10. The fraction of sp³-hybridized carbons (Fsp3) is 0.588. The number of halogens is 3. The number of benzene rings is 1. The van der Waals surface area contributed by atoms with Crippen LogP contribution in [0.25, 0.3) is 0 Å². The van der Waals surface area contributed by atoms with Gasteiger partial charge in [-0.1, -0.05) is 20.8 Å². The van der Waals surface area contributed by atoms with Crippen molar-refractivity contribution in [1.29, 1.82) is 0 Å². The molecule has 0 aliphatic rings. The normalized spacial score (nSPS) is 15.1. The minimum atomic E-state index is -2.26. The molecule has 0 aromatic heterocycles. The van der Waals surface area contributed by atoms with Crippen molar-refractivity contribution in [2.45, 2.75) is 57.8 Å². The van der Waals surface area contributed by atoms with Crippen LogP contribution in [0.15, 0.2) is 12.1 Å². The molecule has 136 valence electrons. The van der Waals surface area contributed by atoms with Gasteiger partial charge in [-0.25, -0.2) is 13.2 Å². The van der Waals surface area contributed by atoms with Crippen LogP contribution in [0, 0.1) is 17.5 Å². The molecule has 0 fully saturated rings. The number of methoxy groups -OCH3 is 1. The third-order valence-corrected chi connectivity index (χ3v) is 9.16. The first-order chi connectivity index (χ1) is 10.8. The van der Waals surface area contributed by atoms with Crippen LogP contribution in [-0.2, 0) is 14.0 Å². The second kappa shape index (κ2) is 7.27. The van der Waals surface area contributed by atoms with E-state index in [9.17, 15) is 18.0 Å². The van der Waals surface area contributed by atoms with Crippen LogP contribution in [0.2, 0.25) is 18.1 Å². The van der Waals surface area contributed by atoms with Crippen molar-refractivity contribution >= 4 is 14.3 Å². The van der Waals surface area contributed by atoms with E-state index in [0.29, 0.717) is 12.1 Å². The van der Waals surface area contributed by atoms with Gasteiger partial charge < -0.3 is 9.16 Å². The summed E-state index contributed by atoms with van der Waals surface area (Å²) in [5, 5.41) is -0.130. The minimum absolute atomic E-state index is 0.130. The summed E-state index contributed by atoms with van der Waals surface area (Å²) in [4.78, 5) is 12.2. The molecule has 0 spiro atoms. The maximum atomic E-state index is 14.1. The molecule has 24 heavy (non-hydrogen) atoms. The maximum absolute atomic E-state index is 14.1. The van der Waals surface area contributed by atoms with Crippen LogP contribution in [0.3, 0.4) is 0 Å². The predicted molar refractivity (Wildman–Crippen MR) is 88.8 cm³/mol. The number of carbonyl (C=O) groups is 1. The molecule has 0 radical (unpaired) electrons. The second-order valence-corrected chi connectivity index (χ2v) is 12.1. The molecule has 0 saturated heterocycles. The molecule has 0 amide bonds. The largest absolute Gasteiger partial charge is 0.468 e. The molecule has 2 unspecified atom stereocenters.